The third-order valence-electron chi connectivity index (χ3n) is 12.7. The summed E-state index contributed by atoms with van der Waals surface area (Å²) >= 11 is 6.48. The molecule has 2 N–H and O–H groups in total. The van der Waals surface area contributed by atoms with Crippen molar-refractivity contribution in [3.8, 4) is 6.07 Å². The topological polar surface area (TPSA) is 136 Å². The van der Waals surface area contributed by atoms with Crippen LogP contribution in [0.2, 0.25) is 5.02 Å². The Balaban J connectivity index is 0.763. The number of nitrogens with zero attached hydrogens (tertiary/aromatic N) is 6. The molecule has 9 rings (SSSR count). The number of benzene rings is 3. The SMILES string of the molecule is N#Cc1c[nH]c2c(N3CCCC(c4ccc(N5CCC(CN6CCN(c7cc8c(cc7F)C(=O)N(C7CCC(=O)NC7=O)C8=O)CC6)CC5)cc4)C3)ccc(Cl)c12. The zero-order valence-corrected chi connectivity index (χ0v) is 32.4. The molecule has 0 spiro atoms. The van der Waals surface area contributed by atoms with Crippen molar-refractivity contribution < 1.29 is 23.6 Å². The Kier molecular flexibility index (Phi) is 9.86. The molecule has 5 aliphatic heterocycles. The minimum atomic E-state index is -1.09. The lowest BCUT2D eigenvalue weighted by Crippen LogP contribution is -2.54. The fourth-order valence-electron chi connectivity index (χ4n) is 9.60. The van der Waals surface area contributed by atoms with Gasteiger partial charge in [0.15, 0.2) is 0 Å². The first kappa shape index (κ1) is 37.1. The van der Waals surface area contributed by atoms with Crippen LogP contribution in [0.4, 0.5) is 21.5 Å². The molecule has 4 aromatic rings. The number of nitriles is 1. The maximum Gasteiger partial charge on any atom is 0.262 e. The molecular formula is C43H44ClFN8O4. The highest BCUT2D eigenvalue weighted by molar-refractivity contribution is 6.36. The largest absolute Gasteiger partial charge is 0.372 e. The Hall–Kier alpha value is -5.45. The van der Waals surface area contributed by atoms with Crippen LogP contribution < -0.4 is 20.0 Å². The molecule has 14 heteroatoms. The fraction of sp³-hybridized carbons (Fsp3) is 0.419. The van der Waals surface area contributed by atoms with Crippen LogP contribution >= 0.6 is 11.6 Å². The van der Waals surface area contributed by atoms with Gasteiger partial charge in [-0.05, 0) is 80.0 Å². The summed E-state index contributed by atoms with van der Waals surface area (Å²) in [7, 11) is 0. The van der Waals surface area contributed by atoms with Crippen LogP contribution in [-0.2, 0) is 9.59 Å². The number of carbonyl (C=O) groups is 4. The highest BCUT2D eigenvalue weighted by Gasteiger charge is 2.45. The molecule has 2 unspecified atom stereocenters. The monoisotopic (exact) mass is 790 g/mol. The molecule has 57 heavy (non-hydrogen) atoms. The second-order valence-corrected chi connectivity index (χ2v) is 16.4. The first-order valence-corrected chi connectivity index (χ1v) is 20.4. The molecule has 2 atom stereocenters. The molecule has 3 aromatic carbocycles. The number of anilines is 3. The van der Waals surface area contributed by atoms with E-state index >= 15 is 4.39 Å². The molecule has 6 heterocycles. The number of imide groups is 2. The summed E-state index contributed by atoms with van der Waals surface area (Å²) in [4.78, 5) is 63.9. The second kappa shape index (κ2) is 15.1. The quantitative estimate of drug-likeness (QED) is 0.228. The molecule has 0 aliphatic carbocycles. The van der Waals surface area contributed by atoms with E-state index in [1.807, 2.05) is 11.0 Å². The van der Waals surface area contributed by atoms with Crippen LogP contribution in [0.3, 0.4) is 0 Å². The molecule has 294 valence electrons. The summed E-state index contributed by atoms with van der Waals surface area (Å²) in [5.74, 6) is -2.05. The third kappa shape index (κ3) is 6.89. The standard InChI is InChI=1S/C43H44ClFN8O4/c44-33-7-8-35(40-39(33)29(22-46)23-47-40)52-13-1-2-28(25-52)27-3-5-30(6-4-27)50-14-11-26(12-15-50)24-49-16-18-51(19-17-49)37-21-32-31(20-34(37)45)42(56)53(43(32)57)36-9-10-38(54)48-41(36)55/h3-8,20-21,23,26,28,36,47H,1-2,9-19,24-25H2,(H,48,54,55). The maximum atomic E-state index is 15.5. The highest BCUT2D eigenvalue weighted by Crippen LogP contribution is 2.38. The number of carbonyl (C=O) groups excluding carboxylic acids is 4. The number of H-pyrrole nitrogens is 1. The van der Waals surface area contributed by atoms with Crippen LogP contribution in [-0.4, -0.2) is 103 Å². The number of hydrogen-bond acceptors (Lipinski definition) is 9. The van der Waals surface area contributed by atoms with Crippen LogP contribution in [0, 0.1) is 23.1 Å². The molecule has 4 saturated heterocycles. The Morgan fingerprint density at radius 1 is 0.807 bits per heavy atom. The summed E-state index contributed by atoms with van der Waals surface area (Å²) in [5.41, 5.74) is 5.52. The molecular weight excluding hydrogens is 747 g/mol. The summed E-state index contributed by atoms with van der Waals surface area (Å²) in [5, 5.41) is 13.1. The molecule has 0 bridgehead atoms. The molecule has 0 radical (unpaired) electrons. The zero-order valence-electron chi connectivity index (χ0n) is 31.6. The first-order chi connectivity index (χ1) is 27.7. The molecule has 4 fully saturated rings. The number of aromatic amines is 1. The lowest BCUT2D eigenvalue weighted by atomic mass is 9.89. The van der Waals surface area contributed by atoms with Gasteiger partial charge in [0.1, 0.15) is 17.9 Å². The maximum absolute atomic E-state index is 15.5. The zero-order chi connectivity index (χ0) is 39.4. The smallest absolute Gasteiger partial charge is 0.262 e. The highest BCUT2D eigenvalue weighted by atomic mass is 35.5. The summed E-state index contributed by atoms with van der Waals surface area (Å²) in [6.45, 7) is 7.57. The lowest BCUT2D eigenvalue weighted by molar-refractivity contribution is -0.136. The number of halogens is 2. The molecule has 0 saturated carbocycles. The number of rotatable bonds is 7. The van der Waals surface area contributed by atoms with Crippen molar-refractivity contribution in [1.29, 1.82) is 5.26 Å². The fourth-order valence-corrected chi connectivity index (χ4v) is 9.86. The number of nitrogens with one attached hydrogen (secondary N) is 2. The van der Waals surface area contributed by atoms with Gasteiger partial charge < -0.3 is 19.7 Å². The van der Waals surface area contributed by atoms with E-state index in [4.69, 9.17) is 11.6 Å². The van der Waals surface area contributed by atoms with Crippen molar-refractivity contribution in [1.82, 2.24) is 20.1 Å². The third-order valence-corrected chi connectivity index (χ3v) is 13.0. The number of aromatic nitrogens is 1. The number of hydrogen-bond donors (Lipinski definition) is 2. The number of fused-ring (bicyclic) bond motifs is 2. The van der Waals surface area contributed by atoms with Gasteiger partial charge in [-0.25, -0.2) is 4.39 Å². The van der Waals surface area contributed by atoms with Gasteiger partial charge >= 0.3 is 0 Å². The van der Waals surface area contributed by atoms with Gasteiger partial charge in [0.25, 0.3) is 11.8 Å². The van der Waals surface area contributed by atoms with Crippen molar-refractivity contribution in [3.63, 3.8) is 0 Å². The van der Waals surface area contributed by atoms with Gasteiger partial charge in [-0.1, -0.05) is 23.7 Å². The molecule has 12 nitrogen and oxygen atoms in total. The Bertz CT molecular complexity index is 2310. The average molecular weight is 791 g/mol. The van der Waals surface area contributed by atoms with E-state index in [1.165, 1.54) is 17.3 Å². The van der Waals surface area contributed by atoms with Gasteiger partial charge in [-0.3, -0.25) is 34.3 Å². The van der Waals surface area contributed by atoms with E-state index in [1.54, 1.807) is 6.20 Å². The Labute approximate surface area is 335 Å². The van der Waals surface area contributed by atoms with Crippen LogP contribution in [0.25, 0.3) is 10.9 Å². The predicted octanol–water partition coefficient (Wildman–Crippen LogP) is 5.66. The predicted molar refractivity (Wildman–Crippen MR) is 215 cm³/mol. The van der Waals surface area contributed by atoms with Crippen molar-refractivity contribution in [2.24, 2.45) is 5.92 Å². The van der Waals surface area contributed by atoms with Crippen LogP contribution in [0.15, 0.2) is 54.7 Å². The number of amides is 4. The van der Waals surface area contributed by atoms with E-state index in [0.717, 1.165) is 99.1 Å². The Morgan fingerprint density at radius 3 is 2.26 bits per heavy atom. The normalized spacial score (nSPS) is 22.3. The van der Waals surface area contributed by atoms with E-state index in [9.17, 15) is 24.4 Å². The average Bonchev–Trinajstić information content (AvgIpc) is 3.77. The van der Waals surface area contributed by atoms with E-state index < -0.39 is 35.5 Å². The van der Waals surface area contributed by atoms with Gasteiger partial charge in [0, 0.05) is 88.5 Å². The van der Waals surface area contributed by atoms with Gasteiger partial charge in [-0.15, -0.1) is 0 Å². The van der Waals surface area contributed by atoms with Crippen LogP contribution in [0.5, 0.6) is 0 Å². The first-order valence-electron chi connectivity index (χ1n) is 20.0. The number of piperazine rings is 1. The van der Waals surface area contributed by atoms with Gasteiger partial charge in [-0.2, -0.15) is 5.26 Å². The summed E-state index contributed by atoms with van der Waals surface area (Å²) in [6.07, 6.45) is 6.24. The van der Waals surface area contributed by atoms with E-state index in [0.29, 0.717) is 35.5 Å². The molecule has 1 aromatic heterocycles. The Morgan fingerprint density at radius 2 is 1.54 bits per heavy atom. The van der Waals surface area contributed by atoms with Gasteiger partial charge in [0.2, 0.25) is 11.8 Å². The summed E-state index contributed by atoms with van der Waals surface area (Å²) in [6, 6.07) is 16.8. The van der Waals surface area contributed by atoms with Crippen molar-refractivity contribution >= 4 is 63.2 Å². The molecule has 4 amide bonds. The lowest BCUT2D eigenvalue weighted by Gasteiger charge is -2.40. The van der Waals surface area contributed by atoms with E-state index in [-0.39, 0.29) is 29.7 Å². The van der Waals surface area contributed by atoms with Gasteiger partial charge in [0.05, 0.1) is 38.6 Å². The number of piperidine rings is 3. The summed E-state index contributed by atoms with van der Waals surface area (Å²) < 4.78 is 15.5. The van der Waals surface area contributed by atoms with Crippen molar-refractivity contribution in [3.05, 3.63) is 87.8 Å². The van der Waals surface area contributed by atoms with Crippen molar-refractivity contribution in [2.45, 2.75) is 50.5 Å². The van der Waals surface area contributed by atoms with Crippen molar-refractivity contribution in [2.75, 3.05) is 73.6 Å². The second-order valence-electron chi connectivity index (χ2n) is 16.0. The van der Waals surface area contributed by atoms with Crippen LogP contribution in [0.1, 0.15) is 76.3 Å². The molecule has 5 aliphatic rings. The van der Waals surface area contributed by atoms with E-state index in [2.05, 4.69) is 61.4 Å². The minimum Gasteiger partial charge on any atom is -0.372 e. The minimum absolute atomic E-state index is 0.0278.